The van der Waals surface area contributed by atoms with Gasteiger partial charge in [-0.15, -0.1) is 0 Å². The van der Waals surface area contributed by atoms with Crippen LogP contribution >= 0.6 is 0 Å². The number of aromatic nitrogens is 3. The second kappa shape index (κ2) is 5.29. The third kappa shape index (κ3) is 2.05. The number of rotatable bonds is 0. The average molecular weight is 167 g/mol. The van der Waals surface area contributed by atoms with Gasteiger partial charge in [0.2, 0.25) is 0 Å². The second-order valence-electron chi connectivity index (χ2n) is 1.78. The van der Waals surface area contributed by atoms with Crippen molar-refractivity contribution in [2.24, 2.45) is 0 Å². The van der Waals surface area contributed by atoms with E-state index in [1.807, 2.05) is 26.0 Å². The highest BCUT2D eigenvalue weighted by Crippen LogP contribution is 2.01. The Kier molecular flexibility index (Phi) is 4.69. The number of imidazole rings is 1. The lowest BCUT2D eigenvalue weighted by Crippen LogP contribution is -1.71. The van der Waals surface area contributed by atoms with Crippen molar-refractivity contribution in [1.82, 2.24) is 15.0 Å². The van der Waals surface area contributed by atoms with E-state index in [4.69, 9.17) is 0 Å². The summed E-state index contributed by atoms with van der Waals surface area (Å²) in [5.74, 6) is 0. The Labute approximate surface area is 74.4 Å². The van der Waals surface area contributed by atoms with Gasteiger partial charge in [-0.1, -0.05) is 21.3 Å². The molecule has 0 spiro atoms. The molecule has 68 valence electrons. The quantitative estimate of drug-likeness (QED) is 0.655. The van der Waals surface area contributed by atoms with Gasteiger partial charge in [-0.2, -0.15) is 0 Å². The summed E-state index contributed by atoms with van der Waals surface area (Å²) in [5, 5.41) is 0. The Hall–Kier alpha value is -1.38. The van der Waals surface area contributed by atoms with Crippen LogP contribution in [-0.2, 0) is 0 Å². The first-order chi connectivity index (χ1) is 5.47. The van der Waals surface area contributed by atoms with Gasteiger partial charge in [-0.05, 0) is 12.1 Å². The van der Waals surface area contributed by atoms with Crippen molar-refractivity contribution in [2.45, 2.75) is 21.3 Å². The zero-order chi connectivity index (χ0) is 8.10. The Morgan fingerprint density at radius 3 is 2.75 bits per heavy atom. The molecule has 0 saturated carbocycles. The van der Waals surface area contributed by atoms with Crippen molar-refractivity contribution in [3.05, 3.63) is 24.7 Å². The summed E-state index contributed by atoms with van der Waals surface area (Å²) in [7, 11) is 0. The molecular formula is C9H17N3. The van der Waals surface area contributed by atoms with Gasteiger partial charge in [0, 0.05) is 7.62 Å². The molecule has 0 aliphatic rings. The summed E-state index contributed by atoms with van der Waals surface area (Å²) in [6.07, 6.45) is 3.36. The lowest BCUT2D eigenvalue weighted by atomic mass is 10.4. The molecule has 2 aromatic heterocycles. The number of fused-ring (bicyclic) bond motifs is 1. The van der Waals surface area contributed by atoms with Crippen molar-refractivity contribution < 1.29 is 1.43 Å². The predicted molar refractivity (Wildman–Crippen MR) is 54.1 cm³/mol. The first-order valence-corrected chi connectivity index (χ1v) is 3.71. The van der Waals surface area contributed by atoms with Crippen LogP contribution in [0.25, 0.3) is 11.2 Å². The van der Waals surface area contributed by atoms with E-state index in [0.717, 1.165) is 11.2 Å². The molecule has 2 aromatic rings. The van der Waals surface area contributed by atoms with Crippen molar-refractivity contribution in [2.75, 3.05) is 0 Å². The zero-order valence-electron chi connectivity index (χ0n) is 6.70. The van der Waals surface area contributed by atoms with Crippen molar-refractivity contribution >= 4 is 11.2 Å². The summed E-state index contributed by atoms with van der Waals surface area (Å²) in [5.41, 5.74) is 1.76. The number of nitrogens with one attached hydrogen (secondary N) is 1. The third-order valence-electron chi connectivity index (χ3n) is 1.19. The van der Waals surface area contributed by atoms with Gasteiger partial charge in [0.15, 0.2) is 5.65 Å². The van der Waals surface area contributed by atoms with E-state index in [1.165, 1.54) is 0 Å². The number of H-pyrrole nitrogens is 1. The van der Waals surface area contributed by atoms with Gasteiger partial charge in [0.1, 0.15) is 0 Å². The van der Waals surface area contributed by atoms with Crippen LogP contribution in [0.15, 0.2) is 24.7 Å². The highest BCUT2D eigenvalue weighted by Gasteiger charge is 1.90. The molecule has 2 rings (SSSR count). The fourth-order valence-corrected chi connectivity index (χ4v) is 0.775. The maximum atomic E-state index is 4.00. The Morgan fingerprint density at radius 2 is 2.08 bits per heavy atom. The average Bonchev–Trinajstić information content (AvgIpc) is 2.55. The van der Waals surface area contributed by atoms with Gasteiger partial charge in [-0.3, -0.25) is 0 Å². The van der Waals surface area contributed by atoms with Crippen LogP contribution in [0.2, 0.25) is 0 Å². The van der Waals surface area contributed by atoms with Crippen LogP contribution in [0.3, 0.4) is 0 Å². The van der Waals surface area contributed by atoms with E-state index in [1.54, 1.807) is 12.5 Å². The smallest absolute Gasteiger partial charge is 0.177 e. The van der Waals surface area contributed by atoms with Gasteiger partial charge in [-0.25, -0.2) is 9.97 Å². The number of nitrogens with zero attached hydrogens (tertiary/aromatic N) is 2. The fourth-order valence-electron chi connectivity index (χ4n) is 0.775. The van der Waals surface area contributed by atoms with Crippen LogP contribution in [0.5, 0.6) is 0 Å². The standard InChI is InChI=1S/C6H5N3.C2H6.CH4.H2/c1-2-5-6(7-3-1)9-4-8-5;1-2;;/h1-4H,(H,7,8,9);1-2H3;1H4;1H. The summed E-state index contributed by atoms with van der Waals surface area (Å²) in [4.78, 5) is 10.9. The molecule has 0 aliphatic carbocycles. The van der Waals surface area contributed by atoms with Gasteiger partial charge < -0.3 is 4.98 Å². The van der Waals surface area contributed by atoms with Crippen LogP contribution in [0, 0.1) is 0 Å². The number of aromatic amines is 1. The SMILES string of the molecule is C.CC.[HH].c1cnc2nc[nH]c2c1. The Bertz CT molecular complexity index is 289. The molecule has 0 aromatic carbocycles. The van der Waals surface area contributed by atoms with Crippen LogP contribution in [-0.4, -0.2) is 15.0 Å². The minimum Gasteiger partial charge on any atom is -0.343 e. The van der Waals surface area contributed by atoms with Crippen molar-refractivity contribution in [3.63, 3.8) is 0 Å². The monoisotopic (exact) mass is 167 g/mol. The molecule has 1 N–H and O–H groups in total. The molecular weight excluding hydrogens is 150 g/mol. The second-order valence-corrected chi connectivity index (χ2v) is 1.78. The fraction of sp³-hybridized carbons (Fsp3) is 0.333. The number of hydrogen-bond donors (Lipinski definition) is 1. The first kappa shape index (κ1) is 10.6. The summed E-state index contributed by atoms with van der Waals surface area (Å²) in [6.45, 7) is 4.00. The molecule has 0 amide bonds. The molecule has 3 heteroatoms. The normalized spacial score (nSPS) is 8.17. The van der Waals surface area contributed by atoms with Crippen molar-refractivity contribution in [1.29, 1.82) is 0 Å². The molecule has 0 bridgehead atoms. The molecule has 2 heterocycles. The van der Waals surface area contributed by atoms with Crippen molar-refractivity contribution in [3.8, 4) is 0 Å². The Morgan fingerprint density at radius 1 is 1.33 bits per heavy atom. The molecule has 0 atom stereocenters. The molecule has 3 nitrogen and oxygen atoms in total. The topological polar surface area (TPSA) is 41.6 Å². The lowest BCUT2D eigenvalue weighted by molar-refractivity contribution is 1.30. The van der Waals surface area contributed by atoms with E-state index in [-0.39, 0.29) is 8.85 Å². The number of pyridine rings is 1. The van der Waals surface area contributed by atoms with Crippen LogP contribution in [0.1, 0.15) is 22.7 Å². The maximum absolute atomic E-state index is 4.00. The minimum atomic E-state index is 0. The van der Waals surface area contributed by atoms with Gasteiger partial charge in [0.05, 0.1) is 11.8 Å². The molecule has 0 radical (unpaired) electrons. The van der Waals surface area contributed by atoms with E-state index < -0.39 is 0 Å². The maximum Gasteiger partial charge on any atom is 0.177 e. The molecule has 12 heavy (non-hydrogen) atoms. The minimum absolute atomic E-state index is 0. The highest BCUT2D eigenvalue weighted by atomic mass is 14.9. The summed E-state index contributed by atoms with van der Waals surface area (Å²) < 4.78 is 0. The first-order valence-electron chi connectivity index (χ1n) is 3.71. The Balaban J connectivity index is 0. The highest BCUT2D eigenvalue weighted by molar-refractivity contribution is 5.68. The zero-order valence-corrected chi connectivity index (χ0v) is 6.70. The lowest BCUT2D eigenvalue weighted by Gasteiger charge is -1.80. The summed E-state index contributed by atoms with van der Waals surface area (Å²) >= 11 is 0. The van der Waals surface area contributed by atoms with E-state index in [2.05, 4.69) is 15.0 Å². The van der Waals surface area contributed by atoms with Gasteiger partial charge in [0.25, 0.3) is 0 Å². The van der Waals surface area contributed by atoms with E-state index >= 15 is 0 Å². The number of hydrogen-bond acceptors (Lipinski definition) is 2. The van der Waals surface area contributed by atoms with Crippen LogP contribution in [0.4, 0.5) is 0 Å². The molecule has 0 aliphatic heterocycles. The predicted octanol–water partition coefficient (Wildman–Crippen LogP) is 2.87. The largest absolute Gasteiger partial charge is 0.343 e. The molecule has 0 unspecified atom stereocenters. The summed E-state index contributed by atoms with van der Waals surface area (Å²) in [6, 6.07) is 3.82. The molecule has 0 saturated heterocycles. The van der Waals surface area contributed by atoms with E-state index in [9.17, 15) is 0 Å². The third-order valence-corrected chi connectivity index (χ3v) is 1.19. The van der Waals surface area contributed by atoms with E-state index in [0.29, 0.717) is 0 Å². The van der Waals surface area contributed by atoms with Gasteiger partial charge >= 0.3 is 0 Å². The molecule has 0 fully saturated rings. The van der Waals surface area contributed by atoms with Crippen LogP contribution < -0.4 is 0 Å².